The molecule has 1 aliphatic heterocycles. The van der Waals surface area contributed by atoms with Crippen molar-refractivity contribution < 1.29 is 14.8 Å². The molecule has 0 bridgehead atoms. The van der Waals surface area contributed by atoms with Gasteiger partial charge >= 0.3 is 6.09 Å². The molecule has 0 spiro atoms. The molecule has 7 heteroatoms. The highest BCUT2D eigenvalue weighted by Crippen LogP contribution is 2.55. The van der Waals surface area contributed by atoms with Crippen LogP contribution < -0.4 is 4.90 Å². The lowest BCUT2D eigenvalue weighted by Crippen LogP contribution is -2.56. The van der Waals surface area contributed by atoms with Crippen molar-refractivity contribution in [2.45, 2.75) is 58.0 Å². The van der Waals surface area contributed by atoms with Gasteiger partial charge in [0.1, 0.15) is 0 Å². The maximum Gasteiger partial charge on any atom is 0.408 e. The Morgan fingerprint density at radius 3 is 2.15 bits per heavy atom. The van der Waals surface area contributed by atoms with Gasteiger partial charge in [-0.2, -0.15) is 0 Å². The molecule has 1 heterocycles. The Bertz CT molecular complexity index is 684. The zero-order valence-electron chi connectivity index (χ0n) is 15.6. The maximum absolute atomic E-state index is 12.0. The Balaban J connectivity index is 1.69. The number of hydrogen-bond acceptors (Lipinski definition) is 4. The molecule has 2 fully saturated rings. The summed E-state index contributed by atoms with van der Waals surface area (Å²) in [5.74, 6) is 0. The van der Waals surface area contributed by atoms with Gasteiger partial charge in [-0.25, -0.2) is 4.79 Å². The number of benzene rings is 1. The summed E-state index contributed by atoms with van der Waals surface area (Å²) in [5, 5.41) is 20.7. The zero-order chi connectivity index (χ0) is 19.1. The molecule has 26 heavy (non-hydrogen) atoms. The van der Waals surface area contributed by atoms with Crippen molar-refractivity contribution >= 4 is 17.5 Å². The Morgan fingerprint density at radius 2 is 1.77 bits per heavy atom. The maximum atomic E-state index is 12.0. The molecule has 1 N–H and O–H groups in total. The molecule has 1 aromatic rings. The van der Waals surface area contributed by atoms with E-state index < -0.39 is 11.0 Å². The monoisotopic (exact) mass is 361 g/mol. The topological polar surface area (TPSA) is 86.9 Å². The van der Waals surface area contributed by atoms with Crippen LogP contribution in [0, 0.1) is 15.5 Å². The van der Waals surface area contributed by atoms with E-state index in [9.17, 15) is 20.0 Å². The second-order valence-electron chi connectivity index (χ2n) is 8.43. The van der Waals surface area contributed by atoms with E-state index in [1.54, 1.807) is 17.0 Å². The fourth-order valence-electron chi connectivity index (χ4n) is 4.33. The molecular weight excluding hydrogens is 334 g/mol. The van der Waals surface area contributed by atoms with Crippen molar-refractivity contribution in [1.29, 1.82) is 0 Å². The standard InChI is InChI=1S/C19H27N3O4/c1-18(2,3)19(10-11-19)21(17(23)24)15-8-12-20(13-9-15)14-4-6-16(7-5-14)22(25)26/h4-7,15H,8-13H2,1-3H3,(H,23,24). The first-order valence-electron chi connectivity index (χ1n) is 9.17. The van der Waals surface area contributed by atoms with Gasteiger partial charge in [0.25, 0.3) is 5.69 Å². The molecule has 1 saturated heterocycles. The van der Waals surface area contributed by atoms with Crippen LogP contribution >= 0.6 is 0 Å². The molecule has 142 valence electrons. The van der Waals surface area contributed by atoms with Crippen LogP contribution in [0.2, 0.25) is 0 Å². The van der Waals surface area contributed by atoms with Crippen molar-refractivity contribution in [3.05, 3.63) is 34.4 Å². The van der Waals surface area contributed by atoms with Gasteiger partial charge in [0.05, 0.1) is 10.5 Å². The Kier molecular flexibility index (Phi) is 4.58. The Morgan fingerprint density at radius 1 is 1.23 bits per heavy atom. The first kappa shape index (κ1) is 18.5. The lowest BCUT2D eigenvalue weighted by molar-refractivity contribution is -0.384. The van der Waals surface area contributed by atoms with Gasteiger partial charge < -0.3 is 10.0 Å². The lowest BCUT2D eigenvalue weighted by Gasteiger charge is -2.46. The summed E-state index contributed by atoms with van der Waals surface area (Å²) in [6.07, 6.45) is 2.62. The minimum absolute atomic E-state index is 0.0310. The summed E-state index contributed by atoms with van der Waals surface area (Å²) in [5.41, 5.74) is 0.731. The van der Waals surface area contributed by atoms with Gasteiger partial charge in [0, 0.05) is 37.0 Å². The van der Waals surface area contributed by atoms with Crippen molar-refractivity contribution in [1.82, 2.24) is 4.90 Å². The first-order chi connectivity index (χ1) is 12.2. The lowest BCUT2D eigenvalue weighted by atomic mass is 9.81. The van der Waals surface area contributed by atoms with E-state index in [4.69, 9.17) is 0 Å². The van der Waals surface area contributed by atoms with E-state index in [1.807, 2.05) is 0 Å². The number of non-ortho nitro benzene ring substituents is 1. The van der Waals surface area contributed by atoms with E-state index in [0.29, 0.717) is 0 Å². The zero-order valence-corrected chi connectivity index (χ0v) is 15.6. The molecule has 3 rings (SSSR count). The number of rotatable bonds is 4. The molecule has 1 amide bonds. The highest BCUT2D eigenvalue weighted by atomic mass is 16.6. The summed E-state index contributed by atoms with van der Waals surface area (Å²) in [7, 11) is 0. The fourth-order valence-corrected chi connectivity index (χ4v) is 4.33. The molecule has 0 aromatic heterocycles. The number of nitro groups is 1. The molecular formula is C19H27N3O4. The molecule has 2 aliphatic rings. The summed E-state index contributed by atoms with van der Waals surface area (Å²) in [6, 6.07) is 6.60. The number of piperidine rings is 1. The van der Waals surface area contributed by atoms with Gasteiger partial charge in [0.2, 0.25) is 0 Å². The molecule has 0 unspecified atom stereocenters. The number of hydrogen-bond donors (Lipinski definition) is 1. The highest BCUT2D eigenvalue weighted by Gasteiger charge is 2.59. The van der Waals surface area contributed by atoms with E-state index in [2.05, 4.69) is 25.7 Å². The highest BCUT2D eigenvalue weighted by molar-refractivity contribution is 5.68. The van der Waals surface area contributed by atoms with Crippen molar-refractivity contribution in [3.63, 3.8) is 0 Å². The summed E-state index contributed by atoms with van der Waals surface area (Å²) >= 11 is 0. The molecule has 1 aliphatic carbocycles. The van der Waals surface area contributed by atoms with Crippen LogP contribution in [0.4, 0.5) is 16.2 Å². The van der Waals surface area contributed by atoms with Gasteiger partial charge in [-0.3, -0.25) is 15.0 Å². The number of amides is 1. The predicted octanol–water partition coefficient (Wildman–Crippen LogP) is 4.12. The second-order valence-corrected chi connectivity index (χ2v) is 8.43. The smallest absolute Gasteiger partial charge is 0.408 e. The number of anilines is 1. The third kappa shape index (κ3) is 3.22. The van der Waals surface area contributed by atoms with Crippen LogP contribution in [0.25, 0.3) is 0 Å². The number of nitrogens with zero attached hydrogens (tertiary/aromatic N) is 3. The van der Waals surface area contributed by atoms with E-state index in [1.165, 1.54) is 12.1 Å². The number of nitro benzene ring substituents is 1. The largest absolute Gasteiger partial charge is 0.465 e. The molecule has 0 atom stereocenters. The van der Waals surface area contributed by atoms with Crippen molar-refractivity contribution in [2.75, 3.05) is 18.0 Å². The van der Waals surface area contributed by atoms with Crippen molar-refractivity contribution in [3.8, 4) is 0 Å². The molecule has 0 radical (unpaired) electrons. The van der Waals surface area contributed by atoms with Gasteiger partial charge in [0.15, 0.2) is 0 Å². The average molecular weight is 361 g/mol. The van der Waals surface area contributed by atoms with Crippen LogP contribution in [-0.2, 0) is 0 Å². The van der Waals surface area contributed by atoms with Gasteiger partial charge in [-0.15, -0.1) is 0 Å². The summed E-state index contributed by atoms with van der Waals surface area (Å²) in [4.78, 5) is 26.3. The van der Waals surface area contributed by atoms with Crippen LogP contribution in [0.1, 0.15) is 46.5 Å². The average Bonchev–Trinajstić information content (AvgIpc) is 3.37. The third-order valence-corrected chi connectivity index (χ3v) is 6.04. The van der Waals surface area contributed by atoms with Gasteiger partial charge in [-0.05, 0) is 43.2 Å². The quantitative estimate of drug-likeness (QED) is 0.644. The van der Waals surface area contributed by atoms with Crippen LogP contribution in [0.5, 0.6) is 0 Å². The molecule has 1 saturated carbocycles. The summed E-state index contributed by atoms with van der Waals surface area (Å²) in [6.45, 7) is 7.89. The first-order valence-corrected chi connectivity index (χ1v) is 9.17. The Labute approximate surface area is 153 Å². The Hall–Kier alpha value is -2.31. The third-order valence-electron chi connectivity index (χ3n) is 6.04. The number of carboxylic acid groups (broad SMARTS) is 1. The van der Waals surface area contributed by atoms with E-state index >= 15 is 0 Å². The van der Waals surface area contributed by atoms with Crippen LogP contribution in [0.3, 0.4) is 0 Å². The summed E-state index contributed by atoms with van der Waals surface area (Å²) < 4.78 is 0. The fraction of sp³-hybridized carbons (Fsp3) is 0.632. The SMILES string of the molecule is CC(C)(C)C1(N(C(=O)O)C2CCN(c3ccc([N+](=O)[O-])cc3)CC2)CC1. The van der Waals surface area contributed by atoms with Crippen molar-refractivity contribution in [2.24, 2.45) is 5.41 Å². The predicted molar refractivity (Wildman–Crippen MR) is 99.6 cm³/mol. The van der Waals surface area contributed by atoms with E-state index in [-0.39, 0.29) is 22.7 Å². The second kappa shape index (κ2) is 6.45. The minimum Gasteiger partial charge on any atom is -0.465 e. The molecule has 1 aromatic carbocycles. The van der Waals surface area contributed by atoms with Crippen LogP contribution in [-0.4, -0.2) is 45.7 Å². The number of carbonyl (C=O) groups is 1. The van der Waals surface area contributed by atoms with Crippen LogP contribution in [0.15, 0.2) is 24.3 Å². The van der Waals surface area contributed by atoms with Gasteiger partial charge in [-0.1, -0.05) is 20.8 Å². The van der Waals surface area contributed by atoms with E-state index in [0.717, 1.165) is 44.5 Å². The minimum atomic E-state index is -0.814. The molecule has 7 nitrogen and oxygen atoms in total. The normalized spacial score (nSPS) is 19.9.